The Hall–Kier alpha value is -2.02. The van der Waals surface area contributed by atoms with Gasteiger partial charge in [0, 0.05) is 0 Å². The highest BCUT2D eigenvalue weighted by atomic mass is 14.2. The molecule has 0 atom stereocenters. The molecule has 132 valence electrons. The van der Waals surface area contributed by atoms with Crippen molar-refractivity contribution in [3.8, 4) is 11.1 Å². The van der Waals surface area contributed by atoms with E-state index < -0.39 is 0 Å². The van der Waals surface area contributed by atoms with Crippen molar-refractivity contribution >= 4 is 13.4 Å². The zero-order valence-corrected chi connectivity index (χ0v) is 16.1. The van der Waals surface area contributed by atoms with Crippen molar-refractivity contribution in [1.82, 2.24) is 0 Å². The molecule has 1 aliphatic carbocycles. The molecule has 0 aromatic heterocycles. The van der Waals surface area contributed by atoms with E-state index in [9.17, 15) is 0 Å². The van der Waals surface area contributed by atoms with Crippen molar-refractivity contribution in [3.05, 3.63) is 77.9 Å². The van der Waals surface area contributed by atoms with Crippen molar-refractivity contribution in [1.29, 1.82) is 0 Å². The summed E-state index contributed by atoms with van der Waals surface area (Å²) in [7, 11) is 6.04. The molecule has 0 nitrogen and oxygen atoms in total. The molecule has 1 saturated carbocycles. The Labute approximate surface area is 160 Å². The maximum atomic E-state index is 6.04. The summed E-state index contributed by atoms with van der Waals surface area (Å²) in [6.45, 7) is 4.52. The summed E-state index contributed by atoms with van der Waals surface area (Å²) in [5.41, 5.74) is 6.77. The van der Waals surface area contributed by atoms with Crippen LogP contribution in [-0.2, 0) is 0 Å². The zero-order valence-electron chi connectivity index (χ0n) is 16.1. The average Bonchev–Trinajstić information content (AvgIpc) is 2.70. The third-order valence-electron chi connectivity index (χ3n) is 5.71. The minimum absolute atomic E-state index is 0.420. The minimum atomic E-state index is 0.420. The molecule has 0 heterocycles. The van der Waals surface area contributed by atoms with Gasteiger partial charge in [-0.05, 0) is 54.4 Å². The zero-order chi connectivity index (χ0) is 18.4. The minimum Gasteiger partial charge on any atom is -0.0773 e. The quantitative estimate of drug-likeness (QED) is 0.397. The van der Waals surface area contributed by atoms with Gasteiger partial charge in [0.15, 0.2) is 0 Å². The van der Waals surface area contributed by atoms with Gasteiger partial charge >= 0.3 is 0 Å². The van der Waals surface area contributed by atoms with Gasteiger partial charge in [-0.25, -0.2) is 0 Å². The van der Waals surface area contributed by atoms with Crippen LogP contribution in [0.5, 0.6) is 0 Å². The van der Waals surface area contributed by atoms with Gasteiger partial charge in [-0.3, -0.25) is 0 Å². The molecular formula is C25H29B. The fourth-order valence-electron chi connectivity index (χ4n) is 3.87. The molecule has 2 radical (unpaired) electrons. The van der Waals surface area contributed by atoms with E-state index in [1.165, 1.54) is 53.5 Å². The van der Waals surface area contributed by atoms with Crippen molar-refractivity contribution in [3.63, 3.8) is 0 Å². The molecule has 0 spiro atoms. The Morgan fingerprint density at radius 3 is 2.12 bits per heavy atom. The Bertz CT molecular complexity index is 745. The fraction of sp³-hybridized carbons (Fsp3) is 0.360. The maximum Gasteiger partial charge on any atom is 0.0699 e. The second-order valence-corrected chi connectivity index (χ2v) is 7.51. The lowest BCUT2D eigenvalue weighted by Gasteiger charge is -2.27. The lowest BCUT2D eigenvalue weighted by molar-refractivity contribution is 0.403. The average molecular weight is 340 g/mol. The SMILES string of the molecule is [B]C1CCC(/C(C)=C/C=C(\CC)c2ccc(-c3ccccc3)cc2)CC1. The monoisotopic (exact) mass is 340 g/mol. The molecule has 0 N–H and O–H groups in total. The highest BCUT2D eigenvalue weighted by Crippen LogP contribution is 2.34. The van der Waals surface area contributed by atoms with Crippen LogP contribution < -0.4 is 0 Å². The smallest absolute Gasteiger partial charge is 0.0699 e. The number of hydrogen-bond acceptors (Lipinski definition) is 0. The molecule has 0 saturated heterocycles. The topological polar surface area (TPSA) is 0 Å². The number of hydrogen-bond donors (Lipinski definition) is 0. The standard InChI is InChI=1S/C25H29B/c1-3-20(10-9-19(2)21-15-17-25(26)18-16-21)23-11-13-24(14-12-23)22-7-5-4-6-8-22/h4-14,21,25H,3,15-18H2,1-2H3/b19-9+,20-10+. The van der Waals surface area contributed by atoms with Gasteiger partial charge in [0.25, 0.3) is 0 Å². The second-order valence-electron chi connectivity index (χ2n) is 7.51. The van der Waals surface area contributed by atoms with Crippen LogP contribution in [0.3, 0.4) is 0 Å². The second kappa shape index (κ2) is 9.08. The third-order valence-corrected chi connectivity index (χ3v) is 5.71. The fourth-order valence-corrected chi connectivity index (χ4v) is 3.87. The predicted octanol–water partition coefficient (Wildman–Crippen LogP) is 7.24. The Kier molecular flexibility index (Phi) is 6.55. The van der Waals surface area contributed by atoms with Crippen molar-refractivity contribution in [2.45, 2.75) is 51.8 Å². The molecule has 1 heteroatoms. The van der Waals surface area contributed by atoms with E-state index >= 15 is 0 Å². The van der Waals surface area contributed by atoms with E-state index in [1.54, 1.807) is 0 Å². The van der Waals surface area contributed by atoms with Gasteiger partial charge in [0.2, 0.25) is 0 Å². The van der Waals surface area contributed by atoms with Gasteiger partial charge in [-0.2, -0.15) is 0 Å². The molecule has 1 fully saturated rings. The van der Waals surface area contributed by atoms with E-state index in [4.69, 9.17) is 7.85 Å². The number of benzene rings is 2. The molecule has 26 heavy (non-hydrogen) atoms. The first-order valence-corrected chi connectivity index (χ1v) is 9.96. The number of rotatable bonds is 5. The molecule has 3 rings (SSSR count). The predicted molar refractivity (Wildman–Crippen MR) is 115 cm³/mol. The first kappa shape index (κ1) is 18.8. The Morgan fingerprint density at radius 1 is 0.885 bits per heavy atom. The van der Waals surface area contributed by atoms with Crippen molar-refractivity contribution in [2.24, 2.45) is 5.92 Å². The van der Waals surface area contributed by atoms with Gasteiger partial charge in [-0.1, -0.05) is 97.9 Å². The highest BCUT2D eigenvalue weighted by Gasteiger charge is 2.18. The van der Waals surface area contributed by atoms with Crippen LogP contribution in [0.4, 0.5) is 0 Å². The number of allylic oxidation sites excluding steroid dienone is 4. The van der Waals surface area contributed by atoms with Crippen LogP contribution in [0.2, 0.25) is 5.82 Å². The summed E-state index contributed by atoms with van der Waals surface area (Å²) in [4.78, 5) is 0. The normalized spacial score (nSPS) is 21.6. The van der Waals surface area contributed by atoms with E-state index in [1.807, 2.05) is 0 Å². The van der Waals surface area contributed by atoms with Gasteiger partial charge in [-0.15, -0.1) is 0 Å². The van der Waals surface area contributed by atoms with Gasteiger partial charge < -0.3 is 0 Å². The summed E-state index contributed by atoms with van der Waals surface area (Å²) >= 11 is 0. The van der Waals surface area contributed by atoms with Crippen LogP contribution in [-0.4, -0.2) is 7.85 Å². The first-order chi connectivity index (χ1) is 12.7. The summed E-state index contributed by atoms with van der Waals surface area (Å²) in [5, 5.41) is 0. The van der Waals surface area contributed by atoms with Crippen LogP contribution in [0.15, 0.2) is 72.3 Å². The first-order valence-electron chi connectivity index (χ1n) is 9.96. The van der Waals surface area contributed by atoms with Gasteiger partial charge in [0.05, 0.1) is 7.85 Å². The molecule has 0 bridgehead atoms. The maximum absolute atomic E-state index is 6.04. The Morgan fingerprint density at radius 2 is 1.50 bits per heavy atom. The van der Waals surface area contributed by atoms with E-state index in [0.717, 1.165) is 6.42 Å². The molecule has 2 aromatic rings. The van der Waals surface area contributed by atoms with Crippen LogP contribution in [0.25, 0.3) is 16.7 Å². The molecule has 2 aromatic carbocycles. The van der Waals surface area contributed by atoms with Gasteiger partial charge in [0.1, 0.15) is 0 Å². The highest BCUT2D eigenvalue weighted by molar-refractivity contribution is 6.11. The van der Waals surface area contributed by atoms with Crippen LogP contribution in [0.1, 0.15) is 51.5 Å². The van der Waals surface area contributed by atoms with E-state index in [0.29, 0.717) is 11.7 Å². The van der Waals surface area contributed by atoms with Crippen molar-refractivity contribution in [2.75, 3.05) is 0 Å². The molecule has 0 unspecified atom stereocenters. The molecular weight excluding hydrogens is 311 g/mol. The van der Waals surface area contributed by atoms with Crippen molar-refractivity contribution < 1.29 is 0 Å². The summed E-state index contributed by atoms with van der Waals surface area (Å²) < 4.78 is 0. The molecule has 0 aliphatic heterocycles. The van der Waals surface area contributed by atoms with Crippen LogP contribution >= 0.6 is 0 Å². The van der Waals surface area contributed by atoms with E-state index in [-0.39, 0.29) is 0 Å². The summed E-state index contributed by atoms with van der Waals surface area (Å²) in [5.74, 6) is 1.13. The Balaban J connectivity index is 1.73. The summed E-state index contributed by atoms with van der Waals surface area (Å²) in [6.07, 6.45) is 10.5. The summed E-state index contributed by atoms with van der Waals surface area (Å²) in [6, 6.07) is 19.5. The molecule has 1 aliphatic rings. The van der Waals surface area contributed by atoms with Crippen LogP contribution in [0, 0.1) is 5.92 Å². The van der Waals surface area contributed by atoms with E-state index in [2.05, 4.69) is 80.6 Å². The largest absolute Gasteiger partial charge is 0.0773 e. The third kappa shape index (κ3) is 4.78. The lowest BCUT2D eigenvalue weighted by atomic mass is 9.70. The molecule has 0 amide bonds. The lowest BCUT2D eigenvalue weighted by Crippen LogP contribution is -2.11.